The van der Waals surface area contributed by atoms with Gasteiger partial charge in [0.15, 0.2) is 0 Å². The largest absolute Gasteiger partial charge is 0.290 e. The van der Waals surface area contributed by atoms with Crippen LogP contribution in [0.15, 0.2) is 48.5 Å². The molecular formula is C18H17N3O. The number of nitrogen functional groups attached to an aromatic ring is 1. The highest BCUT2D eigenvalue weighted by Gasteiger charge is 2.13. The van der Waals surface area contributed by atoms with Gasteiger partial charge in [0, 0.05) is 10.9 Å². The van der Waals surface area contributed by atoms with Crippen LogP contribution in [0.4, 0.5) is 0 Å². The van der Waals surface area contributed by atoms with Crippen molar-refractivity contribution in [1.29, 1.82) is 0 Å². The number of benzene rings is 2. The highest BCUT2D eigenvalue weighted by atomic mass is 16.2. The van der Waals surface area contributed by atoms with E-state index in [1.807, 2.05) is 38.1 Å². The standard InChI is InChI=1S/C18H17N3O/c1-11-7-8-12(2)14(9-11)17-10-15(18(22)21-19)13-5-3-4-6-16(13)20-17/h3-10H,19H2,1-2H3,(H,21,22). The first-order valence-corrected chi connectivity index (χ1v) is 7.08. The lowest BCUT2D eigenvalue weighted by Gasteiger charge is -2.11. The number of fused-ring (bicyclic) bond motifs is 1. The molecule has 0 aliphatic rings. The molecule has 2 aromatic carbocycles. The summed E-state index contributed by atoms with van der Waals surface area (Å²) in [5, 5.41) is 0.791. The number of aromatic nitrogens is 1. The molecule has 4 nitrogen and oxygen atoms in total. The Bertz CT molecular complexity index is 871. The molecule has 3 aromatic rings. The minimum Gasteiger partial charge on any atom is -0.290 e. The lowest BCUT2D eigenvalue weighted by Crippen LogP contribution is -2.30. The van der Waals surface area contributed by atoms with Crippen LogP contribution in [0.25, 0.3) is 22.2 Å². The van der Waals surface area contributed by atoms with E-state index in [2.05, 4.69) is 23.6 Å². The summed E-state index contributed by atoms with van der Waals surface area (Å²) in [4.78, 5) is 16.8. The number of hydrazine groups is 1. The Hall–Kier alpha value is -2.72. The molecule has 0 radical (unpaired) electrons. The van der Waals surface area contributed by atoms with Gasteiger partial charge in [-0.05, 0) is 37.6 Å². The molecule has 4 heteroatoms. The topological polar surface area (TPSA) is 68.0 Å². The highest BCUT2D eigenvalue weighted by Crippen LogP contribution is 2.27. The molecule has 110 valence electrons. The Morgan fingerprint density at radius 3 is 2.64 bits per heavy atom. The quantitative estimate of drug-likeness (QED) is 0.433. The fraction of sp³-hybridized carbons (Fsp3) is 0.111. The van der Waals surface area contributed by atoms with Gasteiger partial charge in [0.2, 0.25) is 0 Å². The monoisotopic (exact) mass is 291 g/mol. The van der Waals surface area contributed by atoms with Crippen LogP contribution in [0.3, 0.4) is 0 Å². The second-order valence-corrected chi connectivity index (χ2v) is 5.36. The molecular weight excluding hydrogens is 274 g/mol. The summed E-state index contributed by atoms with van der Waals surface area (Å²) in [6, 6.07) is 15.6. The van der Waals surface area contributed by atoms with E-state index in [4.69, 9.17) is 10.8 Å². The van der Waals surface area contributed by atoms with Crippen molar-refractivity contribution in [1.82, 2.24) is 10.4 Å². The Morgan fingerprint density at radius 1 is 1.09 bits per heavy atom. The molecule has 0 bridgehead atoms. The van der Waals surface area contributed by atoms with Crippen molar-refractivity contribution in [3.05, 3.63) is 65.2 Å². The van der Waals surface area contributed by atoms with Crippen LogP contribution in [-0.4, -0.2) is 10.9 Å². The van der Waals surface area contributed by atoms with E-state index in [0.717, 1.165) is 33.3 Å². The predicted molar refractivity (Wildman–Crippen MR) is 88.3 cm³/mol. The molecule has 0 unspecified atom stereocenters. The Balaban J connectivity index is 2.31. The lowest BCUT2D eigenvalue weighted by atomic mass is 9.99. The van der Waals surface area contributed by atoms with Gasteiger partial charge in [-0.2, -0.15) is 0 Å². The molecule has 0 atom stereocenters. The van der Waals surface area contributed by atoms with Crippen LogP contribution in [0, 0.1) is 13.8 Å². The van der Waals surface area contributed by atoms with Crippen LogP contribution in [0.2, 0.25) is 0 Å². The van der Waals surface area contributed by atoms with Crippen molar-refractivity contribution in [3.8, 4) is 11.3 Å². The van der Waals surface area contributed by atoms with Crippen molar-refractivity contribution < 1.29 is 4.79 Å². The maximum absolute atomic E-state index is 12.1. The summed E-state index contributed by atoms with van der Waals surface area (Å²) in [6.45, 7) is 4.08. The van der Waals surface area contributed by atoms with Crippen molar-refractivity contribution in [3.63, 3.8) is 0 Å². The zero-order valence-electron chi connectivity index (χ0n) is 12.6. The minimum atomic E-state index is -0.315. The number of nitrogens with one attached hydrogen (secondary N) is 1. The zero-order valence-corrected chi connectivity index (χ0v) is 12.6. The van der Waals surface area contributed by atoms with Crippen molar-refractivity contribution >= 4 is 16.8 Å². The average molecular weight is 291 g/mol. The van der Waals surface area contributed by atoms with Gasteiger partial charge in [0.1, 0.15) is 0 Å². The van der Waals surface area contributed by atoms with E-state index in [1.54, 1.807) is 6.07 Å². The van der Waals surface area contributed by atoms with Crippen LogP contribution >= 0.6 is 0 Å². The van der Waals surface area contributed by atoms with E-state index >= 15 is 0 Å². The third-order valence-electron chi connectivity index (χ3n) is 3.76. The van der Waals surface area contributed by atoms with Gasteiger partial charge in [0.05, 0.1) is 16.8 Å². The smallest absolute Gasteiger partial charge is 0.265 e. The molecule has 22 heavy (non-hydrogen) atoms. The number of pyridine rings is 1. The van der Waals surface area contributed by atoms with Crippen molar-refractivity contribution in [2.24, 2.45) is 5.84 Å². The Kier molecular flexibility index (Phi) is 3.61. The second kappa shape index (κ2) is 5.58. The number of carbonyl (C=O) groups is 1. The summed E-state index contributed by atoms with van der Waals surface area (Å²) in [5.41, 5.74) is 7.59. The van der Waals surface area contributed by atoms with Crippen molar-refractivity contribution in [2.45, 2.75) is 13.8 Å². The molecule has 0 spiro atoms. The summed E-state index contributed by atoms with van der Waals surface area (Å²) >= 11 is 0. The number of para-hydroxylation sites is 1. The van der Waals surface area contributed by atoms with Crippen LogP contribution in [-0.2, 0) is 0 Å². The van der Waals surface area contributed by atoms with Crippen LogP contribution < -0.4 is 11.3 Å². The zero-order chi connectivity index (χ0) is 15.7. The second-order valence-electron chi connectivity index (χ2n) is 5.36. The molecule has 0 saturated heterocycles. The number of amides is 1. The van der Waals surface area contributed by atoms with Gasteiger partial charge >= 0.3 is 0 Å². The van der Waals surface area contributed by atoms with Gasteiger partial charge < -0.3 is 0 Å². The number of hydrogen-bond acceptors (Lipinski definition) is 3. The highest BCUT2D eigenvalue weighted by molar-refractivity contribution is 6.07. The molecule has 1 amide bonds. The molecule has 0 aliphatic carbocycles. The van der Waals surface area contributed by atoms with Crippen molar-refractivity contribution in [2.75, 3.05) is 0 Å². The Morgan fingerprint density at radius 2 is 1.86 bits per heavy atom. The first-order valence-electron chi connectivity index (χ1n) is 7.08. The summed E-state index contributed by atoms with van der Waals surface area (Å²) in [6.07, 6.45) is 0. The van der Waals surface area contributed by atoms with Gasteiger partial charge in [0.25, 0.3) is 5.91 Å². The van der Waals surface area contributed by atoms with Gasteiger partial charge in [-0.3, -0.25) is 10.2 Å². The summed E-state index contributed by atoms with van der Waals surface area (Å²) < 4.78 is 0. The van der Waals surface area contributed by atoms with E-state index in [0.29, 0.717) is 5.56 Å². The first kappa shape index (κ1) is 14.2. The molecule has 1 aromatic heterocycles. The van der Waals surface area contributed by atoms with E-state index in [-0.39, 0.29) is 5.91 Å². The predicted octanol–water partition coefficient (Wildman–Crippen LogP) is 3.12. The number of rotatable bonds is 2. The molecule has 3 rings (SSSR count). The molecule has 3 N–H and O–H groups in total. The van der Waals surface area contributed by atoms with Gasteiger partial charge in [-0.1, -0.05) is 35.9 Å². The fourth-order valence-corrected chi connectivity index (χ4v) is 2.59. The van der Waals surface area contributed by atoms with Gasteiger partial charge in [-0.25, -0.2) is 10.8 Å². The summed E-state index contributed by atoms with van der Waals surface area (Å²) in [5.74, 6) is 5.00. The van der Waals surface area contributed by atoms with Crippen LogP contribution in [0.1, 0.15) is 21.5 Å². The third-order valence-corrected chi connectivity index (χ3v) is 3.76. The molecule has 0 saturated carbocycles. The van der Waals surface area contributed by atoms with E-state index in [9.17, 15) is 4.79 Å². The van der Waals surface area contributed by atoms with E-state index in [1.165, 1.54) is 0 Å². The number of nitrogens with zero attached hydrogens (tertiary/aromatic N) is 1. The number of nitrogens with two attached hydrogens (primary N) is 1. The number of aryl methyl sites for hydroxylation is 2. The SMILES string of the molecule is Cc1ccc(C)c(-c2cc(C(=O)NN)c3ccccc3n2)c1. The molecule has 0 aliphatic heterocycles. The minimum absolute atomic E-state index is 0.315. The maximum atomic E-state index is 12.1. The van der Waals surface area contributed by atoms with E-state index < -0.39 is 0 Å². The fourth-order valence-electron chi connectivity index (χ4n) is 2.59. The number of hydrogen-bond donors (Lipinski definition) is 2. The average Bonchev–Trinajstić information content (AvgIpc) is 2.55. The third kappa shape index (κ3) is 2.44. The van der Waals surface area contributed by atoms with Gasteiger partial charge in [-0.15, -0.1) is 0 Å². The normalized spacial score (nSPS) is 10.7. The molecule has 1 heterocycles. The lowest BCUT2D eigenvalue weighted by molar-refractivity contribution is 0.0955. The molecule has 0 fully saturated rings. The first-order chi connectivity index (χ1) is 10.6. The Labute approximate surface area is 129 Å². The number of carbonyl (C=O) groups excluding carboxylic acids is 1. The van der Waals surface area contributed by atoms with Crippen LogP contribution in [0.5, 0.6) is 0 Å². The maximum Gasteiger partial charge on any atom is 0.265 e. The summed E-state index contributed by atoms with van der Waals surface area (Å²) in [7, 11) is 0.